The van der Waals surface area contributed by atoms with Crippen molar-refractivity contribution < 1.29 is 9.72 Å². The van der Waals surface area contributed by atoms with Gasteiger partial charge in [-0.15, -0.1) is 10.2 Å². The molecule has 4 aromatic rings. The molecule has 0 aliphatic rings. The van der Waals surface area contributed by atoms with Crippen LogP contribution in [-0.2, 0) is 5.75 Å². The van der Waals surface area contributed by atoms with Gasteiger partial charge in [-0.2, -0.15) is 0 Å². The Morgan fingerprint density at radius 1 is 1.08 bits per heavy atom. The molecule has 10 heteroatoms. The topological polar surface area (TPSA) is 103 Å². The molecule has 1 atom stereocenters. The third kappa shape index (κ3) is 5.58. The van der Waals surface area contributed by atoms with Crippen molar-refractivity contribution in [1.82, 2.24) is 20.1 Å². The average molecular weight is 522 g/mol. The molecular weight excluding hydrogens is 498 g/mol. The molecule has 0 spiro atoms. The molecule has 0 fully saturated rings. The van der Waals surface area contributed by atoms with Gasteiger partial charge in [0, 0.05) is 28.5 Å². The number of rotatable bonds is 8. The summed E-state index contributed by atoms with van der Waals surface area (Å²) in [6.07, 6.45) is 0. The summed E-state index contributed by atoms with van der Waals surface area (Å²) in [5.74, 6) is 0.767. The molecule has 0 saturated carbocycles. The van der Waals surface area contributed by atoms with Gasteiger partial charge in [0.2, 0.25) is 0 Å². The molecule has 1 heterocycles. The Labute approximate surface area is 217 Å². The van der Waals surface area contributed by atoms with Crippen LogP contribution in [0.4, 0.5) is 5.69 Å². The molecule has 0 radical (unpaired) electrons. The normalized spacial score (nSPS) is 11.8. The number of halogens is 1. The molecule has 8 nitrogen and oxygen atoms in total. The highest BCUT2D eigenvalue weighted by Gasteiger charge is 2.23. The number of amides is 1. The first-order valence-corrected chi connectivity index (χ1v) is 12.6. The minimum atomic E-state index is -0.546. The van der Waals surface area contributed by atoms with Crippen molar-refractivity contribution in [2.24, 2.45) is 0 Å². The Morgan fingerprint density at radius 3 is 2.61 bits per heavy atom. The second-order valence-electron chi connectivity index (χ2n) is 8.32. The van der Waals surface area contributed by atoms with E-state index in [4.69, 9.17) is 11.6 Å². The highest BCUT2D eigenvalue weighted by molar-refractivity contribution is 7.98. The van der Waals surface area contributed by atoms with Crippen molar-refractivity contribution >= 4 is 35.0 Å². The van der Waals surface area contributed by atoms with Crippen molar-refractivity contribution in [3.63, 3.8) is 0 Å². The van der Waals surface area contributed by atoms with E-state index in [1.54, 1.807) is 18.7 Å². The number of nitro benzene ring substituents is 1. The van der Waals surface area contributed by atoms with Gasteiger partial charge in [-0.3, -0.25) is 19.5 Å². The van der Waals surface area contributed by atoms with Crippen molar-refractivity contribution in [3.8, 4) is 5.69 Å². The lowest BCUT2D eigenvalue weighted by atomic mass is 10.1. The van der Waals surface area contributed by atoms with Gasteiger partial charge < -0.3 is 5.32 Å². The minimum absolute atomic E-state index is 0.150. The fourth-order valence-electron chi connectivity index (χ4n) is 3.72. The Morgan fingerprint density at radius 2 is 1.86 bits per heavy atom. The van der Waals surface area contributed by atoms with Gasteiger partial charge in [0.05, 0.1) is 16.7 Å². The van der Waals surface area contributed by atoms with Crippen LogP contribution in [0.2, 0.25) is 5.02 Å². The van der Waals surface area contributed by atoms with E-state index in [1.807, 2.05) is 41.8 Å². The van der Waals surface area contributed by atoms with Crippen LogP contribution in [0.25, 0.3) is 5.69 Å². The summed E-state index contributed by atoms with van der Waals surface area (Å²) < 4.78 is 1.91. The molecule has 1 amide bonds. The molecule has 1 aromatic heterocycles. The number of nitrogens with zero attached hydrogens (tertiary/aromatic N) is 4. The lowest BCUT2D eigenvalue weighted by Gasteiger charge is -2.18. The second kappa shape index (κ2) is 10.9. The van der Waals surface area contributed by atoms with Gasteiger partial charge in [0.25, 0.3) is 11.6 Å². The van der Waals surface area contributed by atoms with Gasteiger partial charge in [0.1, 0.15) is 0 Å². The van der Waals surface area contributed by atoms with E-state index in [0.717, 1.165) is 11.3 Å². The number of nitrogens with one attached hydrogen (secondary N) is 1. The van der Waals surface area contributed by atoms with Crippen LogP contribution < -0.4 is 5.32 Å². The lowest BCUT2D eigenvalue weighted by molar-refractivity contribution is -0.384. The molecule has 0 saturated heterocycles. The van der Waals surface area contributed by atoms with Crippen LogP contribution in [0, 0.1) is 24.0 Å². The molecule has 184 valence electrons. The Balaban J connectivity index is 1.67. The number of hydrogen-bond donors (Lipinski definition) is 1. The molecule has 1 N–H and O–H groups in total. The van der Waals surface area contributed by atoms with Crippen LogP contribution in [0.3, 0.4) is 0 Å². The molecule has 0 aliphatic carbocycles. The fourth-order valence-corrected chi connectivity index (χ4v) is 4.92. The maximum Gasteiger partial charge on any atom is 0.270 e. The van der Waals surface area contributed by atoms with Gasteiger partial charge in [-0.25, -0.2) is 0 Å². The molecule has 36 heavy (non-hydrogen) atoms. The van der Waals surface area contributed by atoms with E-state index in [1.165, 1.54) is 35.4 Å². The first-order chi connectivity index (χ1) is 17.2. The van der Waals surface area contributed by atoms with Crippen LogP contribution in [0.15, 0.2) is 71.9 Å². The molecule has 3 aromatic carbocycles. The standard InChI is InChI=1S/C26H24ClN5O3S/c1-16-7-4-5-8-20(16)15-36-26-30-29-24(31(26)23-14-21(27)12-11-17(23)2)18(3)28-25(33)19-9-6-10-22(13-19)32(34)35/h4-14,18H,15H2,1-3H3,(H,28,33). The molecule has 4 rings (SSSR count). The van der Waals surface area contributed by atoms with Crippen LogP contribution in [0.1, 0.15) is 45.8 Å². The smallest absolute Gasteiger partial charge is 0.270 e. The summed E-state index contributed by atoms with van der Waals surface area (Å²) >= 11 is 7.87. The Hall–Kier alpha value is -3.69. The van der Waals surface area contributed by atoms with Crippen molar-refractivity contribution in [3.05, 3.63) is 110 Å². The van der Waals surface area contributed by atoms with E-state index >= 15 is 0 Å². The summed E-state index contributed by atoms with van der Waals surface area (Å²) in [6.45, 7) is 5.84. The summed E-state index contributed by atoms with van der Waals surface area (Å²) in [5, 5.41) is 24.1. The largest absolute Gasteiger partial charge is 0.342 e. The van der Waals surface area contributed by atoms with Crippen molar-refractivity contribution in [1.29, 1.82) is 0 Å². The number of aromatic nitrogens is 3. The van der Waals surface area contributed by atoms with E-state index in [2.05, 4.69) is 34.6 Å². The van der Waals surface area contributed by atoms with Gasteiger partial charge in [-0.05, 0) is 55.7 Å². The predicted octanol–water partition coefficient (Wildman–Crippen LogP) is 6.23. The van der Waals surface area contributed by atoms with Gasteiger partial charge in [0.15, 0.2) is 11.0 Å². The number of carbonyl (C=O) groups is 1. The number of non-ortho nitro benzene ring substituents is 1. The van der Waals surface area contributed by atoms with E-state index in [0.29, 0.717) is 21.8 Å². The maximum atomic E-state index is 12.9. The molecule has 0 aliphatic heterocycles. The number of carbonyl (C=O) groups excluding carboxylic acids is 1. The lowest BCUT2D eigenvalue weighted by Crippen LogP contribution is -2.28. The molecule has 0 bridgehead atoms. The predicted molar refractivity (Wildman–Crippen MR) is 141 cm³/mol. The third-order valence-corrected chi connectivity index (χ3v) is 6.96. The first kappa shape index (κ1) is 25.4. The Kier molecular flexibility index (Phi) is 7.71. The van der Waals surface area contributed by atoms with E-state index < -0.39 is 16.9 Å². The fraction of sp³-hybridized carbons (Fsp3) is 0.192. The molecular formula is C26H24ClN5O3S. The van der Waals surface area contributed by atoms with Crippen molar-refractivity contribution in [2.75, 3.05) is 0 Å². The number of aryl methyl sites for hydroxylation is 2. The van der Waals surface area contributed by atoms with E-state index in [-0.39, 0.29) is 11.3 Å². The number of benzene rings is 3. The summed E-state index contributed by atoms with van der Waals surface area (Å²) in [7, 11) is 0. The minimum Gasteiger partial charge on any atom is -0.342 e. The van der Waals surface area contributed by atoms with E-state index in [9.17, 15) is 14.9 Å². The third-order valence-electron chi connectivity index (χ3n) is 5.74. The monoisotopic (exact) mass is 521 g/mol. The SMILES string of the molecule is Cc1ccccc1CSc1nnc(C(C)NC(=O)c2cccc([N+](=O)[O-])c2)n1-c1cc(Cl)ccc1C. The maximum absolute atomic E-state index is 12.9. The second-order valence-corrected chi connectivity index (χ2v) is 9.70. The average Bonchev–Trinajstić information content (AvgIpc) is 3.29. The zero-order valence-electron chi connectivity index (χ0n) is 19.9. The highest BCUT2D eigenvalue weighted by Crippen LogP contribution is 2.31. The highest BCUT2D eigenvalue weighted by atomic mass is 35.5. The number of thioether (sulfide) groups is 1. The summed E-state index contributed by atoms with van der Waals surface area (Å²) in [6, 6.07) is 18.8. The Bertz CT molecular complexity index is 1440. The van der Waals surface area contributed by atoms with Gasteiger partial charge in [-0.1, -0.05) is 59.8 Å². The van der Waals surface area contributed by atoms with Crippen LogP contribution in [-0.4, -0.2) is 25.6 Å². The summed E-state index contributed by atoms with van der Waals surface area (Å²) in [5.41, 5.74) is 4.20. The summed E-state index contributed by atoms with van der Waals surface area (Å²) in [4.78, 5) is 23.5. The van der Waals surface area contributed by atoms with Crippen LogP contribution >= 0.6 is 23.4 Å². The zero-order chi connectivity index (χ0) is 25.8. The van der Waals surface area contributed by atoms with Crippen LogP contribution in [0.5, 0.6) is 0 Å². The number of hydrogen-bond acceptors (Lipinski definition) is 6. The quantitative estimate of drug-likeness (QED) is 0.167. The van der Waals surface area contributed by atoms with Crippen molar-refractivity contribution in [2.45, 2.75) is 37.7 Å². The zero-order valence-corrected chi connectivity index (χ0v) is 21.5. The number of nitro groups is 1. The first-order valence-electron chi connectivity index (χ1n) is 11.2. The van der Waals surface area contributed by atoms with Gasteiger partial charge >= 0.3 is 0 Å². The molecule has 1 unspecified atom stereocenters.